The molecule has 6 heteroatoms. The number of aliphatic hydroxyl groups is 1. The minimum atomic E-state index is -1.65. The molecule has 158 valence electrons. The lowest BCUT2D eigenvalue weighted by molar-refractivity contribution is -0.176. The van der Waals surface area contributed by atoms with Crippen LogP contribution in [0, 0.1) is 34.5 Å². The second-order valence-electron chi connectivity index (χ2n) is 10.1. The molecule has 6 nitrogen and oxygen atoms in total. The molecule has 0 aromatic rings. The van der Waals surface area contributed by atoms with Crippen molar-refractivity contribution in [3.63, 3.8) is 0 Å². The lowest BCUT2D eigenvalue weighted by Gasteiger charge is -2.58. The summed E-state index contributed by atoms with van der Waals surface area (Å²) in [6, 6.07) is 0. The summed E-state index contributed by atoms with van der Waals surface area (Å²) in [6.07, 6.45) is 6.92. The molecule has 4 aliphatic rings. The standard InChI is InChI=1S/C23H30O6/c1-13(24)29-12-19(27)23(28)9-7-17-16-5-4-14-10-15(25)6-8-21(14,2)20(16)18(26)11-22(17,23)3/h6,8,14,16-17,20,28H,4-5,7,9-12H2,1-3H3/t14?,16-,17-,20+,21-,22-,23-/m0/s1. The molecule has 0 aliphatic heterocycles. The quantitative estimate of drug-likeness (QED) is 0.728. The number of carbonyl (C=O) groups is 4. The van der Waals surface area contributed by atoms with E-state index in [0.29, 0.717) is 19.3 Å². The van der Waals surface area contributed by atoms with Gasteiger partial charge in [0.25, 0.3) is 0 Å². The first-order chi connectivity index (χ1) is 13.5. The van der Waals surface area contributed by atoms with Crippen molar-refractivity contribution < 1.29 is 29.0 Å². The number of allylic oxidation sites excluding steroid dienone is 2. The van der Waals surface area contributed by atoms with Crippen molar-refractivity contribution in [1.82, 2.24) is 0 Å². The summed E-state index contributed by atoms with van der Waals surface area (Å²) in [6.45, 7) is 4.73. The number of carbonyl (C=O) groups excluding carboxylic acids is 4. The van der Waals surface area contributed by atoms with Crippen LogP contribution in [0.3, 0.4) is 0 Å². The number of ketones is 3. The van der Waals surface area contributed by atoms with Crippen LogP contribution in [0.1, 0.15) is 59.3 Å². The van der Waals surface area contributed by atoms with Crippen LogP contribution in [0.25, 0.3) is 0 Å². The van der Waals surface area contributed by atoms with Gasteiger partial charge < -0.3 is 9.84 Å². The number of esters is 1. The lowest BCUT2D eigenvalue weighted by atomic mass is 9.45. The van der Waals surface area contributed by atoms with E-state index in [0.717, 1.165) is 12.8 Å². The molecule has 3 fully saturated rings. The Hall–Kier alpha value is -1.82. The summed E-state index contributed by atoms with van der Waals surface area (Å²) >= 11 is 0. The fourth-order valence-electron chi connectivity index (χ4n) is 7.21. The monoisotopic (exact) mass is 402 g/mol. The van der Waals surface area contributed by atoms with E-state index in [1.807, 2.05) is 13.0 Å². The maximum atomic E-state index is 13.5. The Morgan fingerprint density at radius 2 is 1.93 bits per heavy atom. The molecule has 29 heavy (non-hydrogen) atoms. The van der Waals surface area contributed by atoms with Crippen LogP contribution in [0.4, 0.5) is 0 Å². The van der Waals surface area contributed by atoms with Gasteiger partial charge in [-0.3, -0.25) is 19.2 Å². The molecule has 0 bridgehead atoms. The minimum Gasteiger partial charge on any atom is -0.458 e. The second-order valence-corrected chi connectivity index (χ2v) is 10.1. The first-order valence-electron chi connectivity index (χ1n) is 10.7. The zero-order valence-electron chi connectivity index (χ0n) is 17.4. The van der Waals surface area contributed by atoms with Crippen molar-refractivity contribution in [1.29, 1.82) is 0 Å². The van der Waals surface area contributed by atoms with Crippen molar-refractivity contribution in [2.45, 2.75) is 64.9 Å². The average Bonchev–Trinajstić information content (AvgIpc) is 2.91. The second kappa shape index (κ2) is 6.59. The molecule has 0 aromatic heterocycles. The number of hydrogen-bond acceptors (Lipinski definition) is 6. The third-order valence-corrected chi connectivity index (χ3v) is 8.76. The third-order valence-electron chi connectivity index (χ3n) is 8.76. The lowest BCUT2D eigenvalue weighted by Crippen LogP contribution is -2.61. The van der Waals surface area contributed by atoms with Gasteiger partial charge in [-0.05, 0) is 54.9 Å². The Bertz CT molecular complexity index is 814. The highest BCUT2D eigenvalue weighted by molar-refractivity contribution is 5.94. The topological polar surface area (TPSA) is 97.7 Å². The molecule has 0 saturated heterocycles. The summed E-state index contributed by atoms with van der Waals surface area (Å²) in [5, 5.41) is 11.4. The summed E-state index contributed by atoms with van der Waals surface area (Å²) in [5.74, 6) is -0.699. The first kappa shape index (κ1) is 20.5. The van der Waals surface area contributed by atoms with Gasteiger partial charge in [-0.1, -0.05) is 19.9 Å². The van der Waals surface area contributed by atoms with Crippen LogP contribution in [0.5, 0.6) is 0 Å². The highest BCUT2D eigenvalue weighted by Gasteiger charge is 2.68. The average molecular weight is 402 g/mol. The zero-order valence-corrected chi connectivity index (χ0v) is 17.4. The van der Waals surface area contributed by atoms with Gasteiger partial charge in [0.15, 0.2) is 12.4 Å². The number of Topliss-reactive ketones (excluding diaryl/α,β-unsaturated/α-hetero) is 2. The molecular weight excluding hydrogens is 372 g/mol. The normalized spacial score (nSPS) is 45.9. The van der Waals surface area contributed by atoms with Crippen LogP contribution < -0.4 is 0 Å². The molecule has 4 rings (SSSR count). The fourth-order valence-corrected chi connectivity index (χ4v) is 7.21. The van der Waals surface area contributed by atoms with E-state index in [4.69, 9.17) is 4.74 Å². The Balaban J connectivity index is 1.66. The molecular formula is C23H30O6. The number of fused-ring (bicyclic) bond motifs is 5. The van der Waals surface area contributed by atoms with E-state index >= 15 is 0 Å². The SMILES string of the molecule is CC(=O)OCC(=O)[C@@]1(O)CC[C@H]2[C@@H]3CCC4CC(=O)C=C[C@]4(C)[C@H]3C(=O)C[C@@]21C. The highest BCUT2D eigenvalue weighted by atomic mass is 16.5. The van der Waals surface area contributed by atoms with Gasteiger partial charge in [-0.25, -0.2) is 0 Å². The summed E-state index contributed by atoms with van der Waals surface area (Å²) in [5.41, 5.74) is -2.83. The highest BCUT2D eigenvalue weighted by Crippen LogP contribution is 2.66. The van der Waals surface area contributed by atoms with Gasteiger partial charge >= 0.3 is 5.97 Å². The fraction of sp³-hybridized carbons (Fsp3) is 0.739. The largest absolute Gasteiger partial charge is 0.458 e. The van der Waals surface area contributed by atoms with E-state index in [9.17, 15) is 24.3 Å². The van der Waals surface area contributed by atoms with Gasteiger partial charge in [0.05, 0.1) is 0 Å². The van der Waals surface area contributed by atoms with Gasteiger partial charge in [0.1, 0.15) is 11.4 Å². The number of rotatable bonds is 3. The van der Waals surface area contributed by atoms with Crippen LogP contribution >= 0.6 is 0 Å². The maximum Gasteiger partial charge on any atom is 0.303 e. The molecule has 1 N–H and O–H groups in total. The number of hydrogen-bond donors (Lipinski definition) is 1. The van der Waals surface area contributed by atoms with E-state index in [1.165, 1.54) is 6.92 Å². The summed E-state index contributed by atoms with van der Waals surface area (Å²) in [7, 11) is 0. The Labute approximate surface area is 171 Å². The van der Waals surface area contributed by atoms with Crippen LogP contribution in [-0.2, 0) is 23.9 Å². The molecule has 7 atom stereocenters. The third kappa shape index (κ3) is 2.78. The Morgan fingerprint density at radius 3 is 2.62 bits per heavy atom. The molecule has 1 unspecified atom stereocenters. The molecule has 0 amide bonds. The van der Waals surface area contributed by atoms with Crippen molar-refractivity contribution in [3.8, 4) is 0 Å². The molecule has 0 heterocycles. The minimum absolute atomic E-state index is 0.0558. The molecule has 0 radical (unpaired) electrons. The van der Waals surface area contributed by atoms with E-state index in [-0.39, 0.29) is 47.1 Å². The van der Waals surface area contributed by atoms with Crippen molar-refractivity contribution in [2.75, 3.05) is 6.61 Å². The first-order valence-corrected chi connectivity index (χ1v) is 10.7. The van der Waals surface area contributed by atoms with Gasteiger partial charge in [-0.2, -0.15) is 0 Å². The summed E-state index contributed by atoms with van der Waals surface area (Å²) in [4.78, 5) is 49.4. The Kier molecular flexibility index (Phi) is 4.65. The van der Waals surface area contributed by atoms with Crippen LogP contribution in [0.15, 0.2) is 12.2 Å². The predicted molar refractivity (Wildman–Crippen MR) is 104 cm³/mol. The molecule has 4 aliphatic carbocycles. The van der Waals surface area contributed by atoms with Crippen LogP contribution in [-0.4, -0.2) is 40.6 Å². The van der Waals surface area contributed by atoms with Crippen molar-refractivity contribution in [2.24, 2.45) is 34.5 Å². The van der Waals surface area contributed by atoms with E-state index in [1.54, 1.807) is 6.08 Å². The smallest absolute Gasteiger partial charge is 0.303 e. The predicted octanol–water partition coefficient (Wildman–Crippen LogP) is 2.42. The maximum absolute atomic E-state index is 13.5. The molecule has 3 saturated carbocycles. The van der Waals surface area contributed by atoms with Crippen molar-refractivity contribution >= 4 is 23.3 Å². The zero-order chi connectivity index (χ0) is 21.2. The summed E-state index contributed by atoms with van der Waals surface area (Å²) < 4.78 is 4.86. The van der Waals surface area contributed by atoms with Crippen molar-refractivity contribution in [3.05, 3.63) is 12.2 Å². The van der Waals surface area contributed by atoms with E-state index in [2.05, 4.69) is 6.92 Å². The van der Waals surface area contributed by atoms with Crippen LogP contribution in [0.2, 0.25) is 0 Å². The molecule has 0 aromatic carbocycles. The molecule has 0 spiro atoms. The van der Waals surface area contributed by atoms with Gasteiger partial charge in [0.2, 0.25) is 5.78 Å². The Morgan fingerprint density at radius 1 is 1.21 bits per heavy atom. The van der Waals surface area contributed by atoms with Gasteiger partial charge in [-0.15, -0.1) is 0 Å². The van der Waals surface area contributed by atoms with Gasteiger partial charge in [0, 0.05) is 31.1 Å². The van der Waals surface area contributed by atoms with E-state index < -0.39 is 29.4 Å². The number of ether oxygens (including phenoxy) is 1.